The summed E-state index contributed by atoms with van der Waals surface area (Å²) in [6, 6.07) is 0. The van der Waals surface area contributed by atoms with Crippen molar-refractivity contribution >= 4 is 5.78 Å². The Morgan fingerprint density at radius 2 is 2.15 bits per heavy atom. The summed E-state index contributed by atoms with van der Waals surface area (Å²) < 4.78 is 0. The van der Waals surface area contributed by atoms with Gasteiger partial charge in [0, 0.05) is 11.8 Å². The molecule has 0 aromatic carbocycles. The van der Waals surface area contributed by atoms with Crippen LogP contribution in [-0.4, -0.2) is 16.5 Å². The van der Waals surface area contributed by atoms with Crippen LogP contribution in [0.5, 0.6) is 0 Å². The van der Waals surface area contributed by atoms with Crippen LogP contribution in [0.2, 0.25) is 0 Å². The van der Waals surface area contributed by atoms with Crippen molar-refractivity contribution in [2.75, 3.05) is 0 Å². The number of fused-ring (bicyclic) bond motifs is 2. The lowest BCUT2D eigenvalue weighted by atomic mass is 9.41. The number of carbonyl (C=O) groups excluding carboxylic acids is 1. The number of aliphatic hydroxyl groups is 1. The van der Waals surface area contributed by atoms with Gasteiger partial charge in [0.2, 0.25) is 0 Å². The Labute approximate surface area is 157 Å². The number of allylic oxidation sites excluding steroid dienone is 3. The maximum Gasteiger partial charge on any atom is 0.155 e. The highest BCUT2D eigenvalue weighted by atomic mass is 16.3. The van der Waals surface area contributed by atoms with Crippen molar-refractivity contribution in [3.05, 3.63) is 36.5 Å². The summed E-state index contributed by atoms with van der Waals surface area (Å²) >= 11 is 0. The Balaban J connectivity index is 1.63. The number of carbonyl (C=O) groups is 1. The second-order valence-electron chi connectivity index (χ2n) is 9.80. The van der Waals surface area contributed by atoms with Gasteiger partial charge in [-0.2, -0.15) is 0 Å². The van der Waals surface area contributed by atoms with Gasteiger partial charge in [0.1, 0.15) is 0 Å². The number of rotatable bonds is 2. The molecule has 5 aliphatic carbocycles. The van der Waals surface area contributed by atoms with Gasteiger partial charge in [-0.25, -0.2) is 0 Å². The zero-order valence-electron chi connectivity index (χ0n) is 16.0. The quantitative estimate of drug-likeness (QED) is 0.711. The van der Waals surface area contributed by atoms with E-state index in [9.17, 15) is 9.90 Å². The molecular weight excluding hydrogens is 320 g/mol. The van der Waals surface area contributed by atoms with Crippen LogP contribution in [0.1, 0.15) is 64.7 Å². The van der Waals surface area contributed by atoms with E-state index in [1.54, 1.807) is 0 Å². The fourth-order valence-corrected chi connectivity index (χ4v) is 8.46. The predicted molar refractivity (Wildman–Crippen MR) is 103 cm³/mol. The van der Waals surface area contributed by atoms with E-state index >= 15 is 0 Å². The molecule has 0 aliphatic heterocycles. The largest absolute Gasteiger partial charge is 0.385 e. The lowest BCUT2D eigenvalue weighted by Crippen LogP contribution is -2.59. The monoisotopic (exact) mass is 352 g/mol. The fourth-order valence-electron chi connectivity index (χ4n) is 8.46. The van der Waals surface area contributed by atoms with Gasteiger partial charge in [-0.1, -0.05) is 30.7 Å². The third-order valence-corrected chi connectivity index (χ3v) is 9.46. The summed E-state index contributed by atoms with van der Waals surface area (Å²) in [5.74, 6) is 2.87. The van der Waals surface area contributed by atoms with Crippen molar-refractivity contribution in [2.24, 2.45) is 34.5 Å². The van der Waals surface area contributed by atoms with Gasteiger partial charge in [-0.3, -0.25) is 4.79 Å². The lowest BCUT2D eigenvalue weighted by Gasteiger charge is -2.64. The number of hydrogen-bond acceptors (Lipinski definition) is 2. The molecule has 1 spiro atoms. The van der Waals surface area contributed by atoms with Crippen molar-refractivity contribution in [1.82, 2.24) is 0 Å². The summed E-state index contributed by atoms with van der Waals surface area (Å²) in [5, 5.41) is 11.5. The van der Waals surface area contributed by atoms with E-state index in [1.165, 1.54) is 12.0 Å². The SMILES string of the molecule is C=C[C@]1(O)CCC2C3CCC4=CC(=O)CC[C@@]45CC=C[C@@H](C[C@@]21CC)C35. The summed E-state index contributed by atoms with van der Waals surface area (Å²) in [6.45, 7) is 6.32. The third kappa shape index (κ3) is 1.85. The topological polar surface area (TPSA) is 37.3 Å². The smallest absolute Gasteiger partial charge is 0.155 e. The normalized spacial score (nSPS) is 51.9. The van der Waals surface area contributed by atoms with Gasteiger partial charge in [0.25, 0.3) is 0 Å². The molecule has 3 unspecified atom stereocenters. The zero-order valence-corrected chi connectivity index (χ0v) is 16.0. The molecule has 2 nitrogen and oxygen atoms in total. The molecule has 0 aromatic heterocycles. The molecule has 3 fully saturated rings. The molecule has 1 N–H and O–H groups in total. The Bertz CT molecular complexity index is 718. The highest BCUT2D eigenvalue weighted by Crippen LogP contribution is 2.71. The molecule has 0 radical (unpaired) electrons. The van der Waals surface area contributed by atoms with Crippen LogP contribution in [0.4, 0.5) is 0 Å². The molecule has 2 heteroatoms. The maximum absolute atomic E-state index is 12.1. The van der Waals surface area contributed by atoms with E-state index in [-0.39, 0.29) is 10.8 Å². The summed E-state index contributed by atoms with van der Waals surface area (Å²) in [7, 11) is 0. The fraction of sp³-hybridized carbons (Fsp3) is 0.708. The van der Waals surface area contributed by atoms with Gasteiger partial charge in [0.15, 0.2) is 5.78 Å². The molecule has 0 heterocycles. The van der Waals surface area contributed by atoms with Gasteiger partial charge in [-0.15, -0.1) is 6.58 Å². The molecule has 0 aromatic rings. The van der Waals surface area contributed by atoms with Crippen molar-refractivity contribution in [3.63, 3.8) is 0 Å². The predicted octanol–water partition coefficient (Wildman–Crippen LogP) is 4.99. The Kier molecular flexibility index (Phi) is 3.55. The minimum absolute atomic E-state index is 0.00480. The average Bonchev–Trinajstić information content (AvgIpc) is 2.96. The first-order valence-electron chi connectivity index (χ1n) is 10.8. The zero-order chi connectivity index (χ0) is 18.2. The molecule has 0 saturated heterocycles. The van der Waals surface area contributed by atoms with E-state index in [1.807, 2.05) is 12.2 Å². The van der Waals surface area contributed by atoms with Crippen LogP contribution < -0.4 is 0 Å². The van der Waals surface area contributed by atoms with E-state index in [0.717, 1.165) is 51.4 Å². The van der Waals surface area contributed by atoms with Crippen molar-refractivity contribution in [3.8, 4) is 0 Å². The van der Waals surface area contributed by atoms with E-state index in [2.05, 4.69) is 25.7 Å². The van der Waals surface area contributed by atoms with Crippen LogP contribution >= 0.6 is 0 Å². The molecule has 140 valence electrons. The Morgan fingerprint density at radius 1 is 1.31 bits per heavy atom. The van der Waals surface area contributed by atoms with Crippen molar-refractivity contribution < 1.29 is 9.90 Å². The van der Waals surface area contributed by atoms with Crippen LogP contribution in [0.15, 0.2) is 36.5 Å². The van der Waals surface area contributed by atoms with Gasteiger partial charge in [-0.05, 0) is 86.5 Å². The first kappa shape index (κ1) is 17.0. The first-order valence-corrected chi connectivity index (χ1v) is 10.8. The van der Waals surface area contributed by atoms with Crippen LogP contribution in [0.3, 0.4) is 0 Å². The molecule has 7 atom stereocenters. The molecule has 0 bridgehead atoms. The molecule has 26 heavy (non-hydrogen) atoms. The van der Waals surface area contributed by atoms with Crippen LogP contribution in [0, 0.1) is 34.5 Å². The van der Waals surface area contributed by atoms with Gasteiger partial charge < -0.3 is 5.11 Å². The number of hydrogen-bond donors (Lipinski definition) is 1. The average molecular weight is 353 g/mol. The second kappa shape index (κ2) is 5.44. The highest BCUT2D eigenvalue weighted by molar-refractivity contribution is 5.91. The standard InChI is InChI=1S/C24H32O2/c1-3-23-15-16-6-5-11-22-12-9-18(25)14-17(22)7-8-19(21(16)22)20(23)10-13-24(23,26)4-2/h4-6,14,16,19-21,26H,2-3,7-13,15H2,1H3/t16-,19?,20?,21?,22-,23-,24-/m0/s1. The third-order valence-electron chi connectivity index (χ3n) is 9.46. The van der Waals surface area contributed by atoms with E-state index < -0.39 is 5.60 Å². The van der Waals surface area contributed by atoms with Gasteiger partial charge >= 0.3 is 0 Å². The minimum atomic E-state index is -0.700. The molecule has 5 rings (SSSR count). The number of ketones is 1. The second-order valence-corrected chi connectivity index (χ2v) is 9.80. The van der Waals surface area contributed by atoms with Crippen molar-refractivity contribution in [1.29, 1.82) is 0 Å². The van der Waals surface area contributed by atoms with Crippen molar-refractivity contribution in [2.45, 2.75) is 70.3 Å². The van der Waals surface area contributed by atoms with Crippen LogP contribution in [0.25, 0.3) is 0 Å². The molecule has 5 aliphatic rings. The molecule has 3 saturated carbocycles. The Hall–Kier alpha value is -1.15. The summed E-state index contributed by atoms with van der Waals surface area (Å²) in [4.78, 5) is 12.1. The molecular formula is C24H32O2. The van der Waals surface area contributed by atoms with E-state index in [4.69, 9.17) is 0 Å². The maximum atomic E-state index is 12.1. The first-order chi connectivity index (χ1) is 12.5. The van der Waals surface area contributed by atoms with Crippen LogP contribution in [-0.2, 0) is 4.79 Å². The minimum Gasteiger partial charge on any atom is -0.385 e. The summed E-state index contributed by atoms with van der Waals surface area (Å²) in [6.07, 6.45) is 18.1. The summed E-state index contributed by atoms with van der Waals surface area (Å²) in [5.41, 5.74) is 1.000. The van der Waals surface area contributed by atoms with Gasteiger partial charge in [0.05, 0.1) is 5.60 Å². The van der Waals surface area contributed by atoms with E-state index in [0.29, 0.717) is 29.5 Å². The lowest BCUT2D eigenvalue weighted by molar-refractivity contribution is -0.140. The molecule has 0 amide bonds. The highest BCUT2D eigenvalue weighted by Gasteiger charge is 2.67. The Morgan fingerprint density at radius 3 is 2.92 bits per heavy atom.